The summed E-state index contributed by atoms with van der Waals surface area (Å²) in [4.78, 5) is 18.1. The zero-order valence-corrected chi connectivity index (χ0v) is 20.6. The lowest BCUT2D eigenvalue weighted by Gasteiger charge is -2.17. The molecular formula is C23H31IN4O3. The van der Waals surface area contributed by atoms with E-state index in [2.05, 4.69) is 33.8 Å². The van der Waals surface area contributed by atoms with E-state index in [0.717, 1.165) is 29.8 Å². The molecule has 0 bridgehead atoms. The van der Waals surface area contributed by atoms with Crippen molar-refractivity contribution in [2.75, 3.05) is 32.6 Å². The van der Waals surface area contributed by atoms with Crippen molar-refractivity contribution in [2.45, 2.75) is 32.9 Å². The largest absolute Gasteiger partial charge is 0.493 e. The molecule has 1 saturated heterocycles. The normalized spacial score (nSPS) is 13.6. The minimum atomic E-state index is 0. The van der Waals surface area contributed by atoms with E-state index in [0.29, 0.717) is 43.6 Å². The minimum Gasteiger partial charge on any atom is -0.493 e. The number of hydrogen-bond donors (Lipinski definition) is 2. The molecule has 0 atom stereocenters. The van der Waals surface area contributed by atoms with Gasteiger partial charge in [-0.3, -0.25) is 9.79 Å². The van der Waals surface area contributed by atoms with E-state index in [-0.39, 0.29) is 29.9 Å². The molecule has 7 nitrogen and oxygen atoms in total. The van der Waals surface area contributed by atoms with Gasteiger partial charge >= 0.3 is 0 Å². The van der Waals surface area contributed by atoms with E-state index in [9.17, 15) is 4.79 Å². The molecule has 0 unspecified atom stereocenters. The maximum absolute atomic E-state index is 11.9. The lowest BCUT2D eigenvalue weighted by atomic mass is 10.1. The zero-order chi connectivity index (χ0) is 21.3. The van der Waals surface area contributed by atoms with Crippen LogP contribution in [0, 0.1) is 0 Å². The summed E-state index contributed by atoms with van der Waals surface area (Å²) in [5.74, 6) is 2.28. The van der Waals surface area contributed by atoms with Crippen LogP contribution in [-0.2, 0) is 17.9 Å². The Balaban J connectivity index is 0.00000341. The fraction of sp³-hybridized carbons (Fsp3) is 0.391. The number of anilines is 1. The highest BCUT2D eigenvalue weighted by molar-refractivity contribution is 14.0. The Hall–Kier alpha value is -2.49. The smallest absolute Gasteiger partial charge is 0.222 e. The lowest BCUT2D eigenvalue weighted by Crippen LogP contribution is -2.30. The first-order valence-electron chi connectivity index (χ1n) is 10.3. The second-order valence-corrected chi connectivity index (χ2v) is 7.09. The van der Waals surface area contributed by atoms with Crippen LogP contribution in [0.1, 0.15) is 30.9 Å². The molecular weight excluding hydrogens is 507 g/mol. The number of guanidine groups is 1. The molecule has 31 heavy (non-hydrogen) atoms. The van der Waals surface area contributed by atoms with Crippen molar-refractivity contribution in [1.29, 1.82) is 0 Å². The molecule has 8 heteroatoms. The molecule has 168 valence electrons. The molecule has 1 fully saturated rings. The second kappa shape index (κ2) is 12.4. The Kier molecular flexibility index (Phi) is 9.90. The van der Waals surface area contributed by atoms with Gasteiger partial charge in [-0.05, 0) is 36.6 Å². The van der Waals surface area contributed by atoms with Gasteiger partial charge in [0.1, 0.15) is 0 Å². The number of likely N-dealkylation sites (tertiary alicyclic amines) is 1. The molecule has 0 spiro atoms. The van der Waals surface area contributed by atoms with E-state index < -0.39 is 0 Å². The van der Waals surface area contributed by atoms with Crippen molar-refractivity contribution >= 4 is 41.5 Å². The van der Waals surface area contributed by atoms with Crippen LogP contribution in [0.15, 0.2) is 47.5 Å². The summed E-state index contributed by atoms with van der Waals surface area (Å²) in [5.41, 5.74) is 3.12. The van der Waals surface area contributed by atoms with Crippen LogP contribution in [0.2, 0.25) is 0 Å². The van der Waals surface area contributed by atoms with Crippen LogP contribution in [0.3, 0.4) is 0 Å². The number of nitrogens with one attached hydrogen (secondary N) is 2. The van der Waals surface area contributed by atoms with Crippen LogP contribution in [0.25, 0.3) is 0 Å². The fourth-order valence-corrected chi connectivity index (χ4v) is 3.45. The van der Waals surface area contributed by atoms with Crippen molar-refractivity contribution in [2.24, 2.45) is 4.99 Å². The summed E-state index contributed by atoms with van der Waals surface area (Å²) in [7, 11) is 3.36. The van der Waals surface area contributed by atoms with Gasteiger partial charge < -0.3 is 25.0 Å². The van der Waals surface area contributed by atoms with E-state index in [1.54, 1.807) is 14.2 Å². The van der Waals surface area contributed by atoms with Crippen LogP contribution in [0.5, 0.6) is 11.5 Å². The van der Waals surface area contributed by atoms with Gasteiger partial charge in [0.05, 0.1) is 13.7 Å². The molecule has 1 amide bonds. The van der Waals surface area contributed by atoms with Crippen molar-refractivity contribution in [3.8, 4) is 11.5 Å². The molecule has 2 aromatic rings. The Morgan fingerprint density at radius 3 is 2.65 bits per heavy atom. The standard InChI is InChI=1S/C23H30N4O3.HI/c1-4-30-20-11-10-19(14-21(20)29-3)26-23(24-2)25-15-17-7-5-8-18(13-17)16-27-12-6-9-22(27)28;/h5,7-8,10-11,13-14H,4,6,9,12,15-16H2,1-3H3,(H2,24,25,26);1H. The summed E-state index contributed by atoms with van der Waals surface area (Å²) in [6.45, 7) is 4.66. The first-order chi connectivity index (χ1) is 14.6. The third kappa shape index (κ3) is 7.02. The van der Waals surface area contributed by atoms with Gasteiger partial charge in [0.15, 0.2) is 17.5 Å². The van der Waals surface area contributed by atoms with Crippen LogP contribution >= 0.6 is 24.0 Å². The number of rotatable bonds is 8. The number of carbonyl (C=O) groups excluding carboxylic acids is 1. The molecule has 1 aliphatic heterocycles. The molecule has 2 aromatic carbocycles. The molecule has 1 heterocycles. The number of halogens is 1. The van der Waals surface area contributed by atoms with E-state index in [1.807, 2.05) is 36.1 Å². The minimum absolute atomic E-state index is 0. The maximum Gasteiger partial charge on any atom is 0.222 e. The summed E-state index contributed by atoms with van der Waals surface area (Å²) in [5, 5.41) is 6.60. The van der Waals surface area contributed by atoms with Crippen molar-refractivity contribution < 1.29 is 14.3 Å². The topological polar surface area (TPSA) is 75.2 Å². The SMILES string of the molecule is CCOc1ccc(NC(=NC)NCc2cccc(CN3CCCC3=O)c2)cc1OC.I. The fourth-order valence-electron chi connectivity index (χ4n) is 3.45. The zero-order valence-electron chi connectivity index (χ0n) is 18.3. The number of methoxy groups -OCH3 is 1. The van der Waals surface area contributed by atoms with Crippen molar-refractivity contribution in [3.05, 3.63) is 53.6 Å². The Morgan fingerprint density at radius 2 is 1.97 bits per heavy atom. The molecule has 3 rings (SSSR count). The lowest BCUT2D eigenvalue weighted by molar-refractivity contribution is -0.128. The quantitative estimate of drug-likeness (QED) is 0.302. The van der Waals surface area contributed by atoms with E-state index in [4.69, 9.17) is 9.47 Å². The van der Waals surface area contributed by atoms with Crippen LogP contribution < -0.4 is 20.1 Å². The maximum atomic E-state index is 11.9. The van der Waals surface area contributed by atoms with Crippen molar-refractivity contribution in [3.63, 3.8) is 0 Å². The number of ether oxygens (including phenoxy) is 2. The van der Waals surface area contributed by atoms with E-state index in [1.165, 1.54) is 0 Å². The third-order valence-corrected chi connectivity index (χ3v) is 4.95. The molecule has 0 aromatic heterocycles. The monoisotopic (exact) mass is 538 g/mol. The number of amides is 1. The van der Waals surface area contributed by atoms with Crippen LogP contribution in [-0.4, -0.2) is 44.1 Å². The van der Waals surface area contributed by atoms with E-state index >= 15 is 0 Å². The second-order valence-electron chi connectivity index (χ2n) is 7.09. The summed E-state index contributed by atoms with van der Waals surface area (Å²) < 4.78 is 11.0. The van der Waals surface area contributed by atoms with Gasteiger partial charge in [0.25, 0.3) is 0 Å². The first kappa shape index (κ1) is 24.8. The average molecular weight is 538 g/mol. The Labute approximate surface area is 201 Å². The van der Waals surface area contributed by atoms with Crippen molar-refractivity contribution in [1.82, 2.24) is 10.2 Å². The summed E-state index contributed by atoms with van der Waals surface area (Å²) in [6.07, 6.45) is 1.62. The van der Waals surface area contributed by atoms with Gasteiger partial charge in [-0.2, -0.15) is 0 Å². The number of carbonyl (C=O) groups is 1. The molecule has 1 aliphatic rings. The number of benzene rings is 2. The summed E-state index contributed by atoms with van der Waals surface area (Å²) in [6, 6.07) is 14.0. The van der Waals surface area contributed by atoms with Crippen LogP contribution in [0.4, 0.5) is 5.69 Å². The predicted octanol–water partition coefficient (Wildman–Crippen LogP) is 4.02. The Bertz CT molecular complexity index is 904. The number of hydrogen-bond acceptors (Lipinski definition) is 4. The van der Waals surface area contributed by atoms with Gasteiger partial charge in [-0.1, -0.05) is 24.3 Å². The summed E-state index contributed by atoms with van der Waals surface area (Å²) >= 11 is 0. The molecule has 0 aliphatic carbocycles. The average Bonchev–Trinajstić information content (AvgIpc) is 3.16. The molecule has 2 N–H and O–H groups in total. The Morgan fingerprint density at radius 1 is 1.16 bits per heavy atom. The highest BCUT2D eigenvalue weighted by Gasteiger charge is 2.19. The third-order valence-electron chi connectivity index (χ3n) is 4.95. The predicted molar refractivity (Wildman–Crippen MR) is 134 cm³/mol. The van der Waals surface area contributed by atoms with Gasteiger partial charge in [-0.15, -0.1) is 24.0 Å². The highest BCUT2D eigenvalue weighted by atomic mass is 127. The first-order valence-corrected chi connectivity index (χ1v) is 10.3. The van der Waals surface area contributed by atoms with Gasteiger partial charge in [-0.25, -0.2) is 0 Å². The van der Waals surface area contributed by atoms with Gasteiger partial charge in [0, 0.05) is 44.9 Å². The number of aliphatic imine (C=N–C) groups is 1. The highest BCUT2D eigenvalue weighted by Crippen LogP contribution is 2.30. The molecule has 0 saturated carbocycles. The van der Waals surface area contributed by atoms with Gasteiger partial charge in [0.2, 0.25) is 5.91 Å². The molecule has 0 radical (unpaired) electrons. The number of nitrogens with zero attached hydrogens (tertiary/aromatic N) is 2.